The fraction of sp³-hybridized carbons (Fsp3) is 0.364. The molecule has 0 saturated carbocycles. The van der Waals surface area contributed by atoms with Gasteiger partial charge in [0.25, 0.3) is 0 Å². The molecule has 90 valence electrons. The fourth-order valence-corrected chi connectivity index (χ4v) is 1.42. The topological polar surface area (TPSA) is 68.1 Å². The van der Waals surface area contributed by atoms with E-state index in [1.54, 1.807) is 6.92 Å². The molecule has 0 aromatic carbocycles. The number of nitro groups is 1. The van der Waals surface area contributed by atoms with Crippen LogP contribution in [-0.2, 0) is 0 Å². The first-order valence-electron chi connectivity index (χ1n) is 5.01. The van der Waals surface area contributed by atoms with Gasteiger partial charge in [-0.3, -0.25) is 10.1 Å². The lowest BCUT2D eigenvalue weighted by atomic mass is 10.2. The maximum atomic E-state index is 10.7. The minimum Gasteiger partial charge on any atom is -0.319 e. The van der Waals surface area contributed by atoms with Crippen LogP contribution < -0.4 is 5.32 Å². The van der Waals surface area contributed by atoms with Crippen LogP contribution in [0, 0.1) is 28.9 Å². The molecule has 6 heteroatoms. The average Bonchev–Trinajstić information content (AvgIpc) is 2.26. The number of aryl methyl sites for hydroxylation is 1. The van der Waals surface area contributed by atoms with E-state index in [1.807, 2.05) is 7.05 Å². The largest absolute Gasteiger partial charge is 0.319 e. The van der Waals surface area contributed by atoms with Crippen molar-refractivity contribution in [2.45, 2.75) is 13.3 Å². The second-order valence-corrected chi connectivity index (χ2v) is 3.70. The lowest BCUT2D eigenvalue weighted by Gasteiger charge is -1.99. The molecule has 1 aromatic heterocycles. The van der Waals surface area contributed by atoms with Crippen molar-refractivity contribution in [3.05, 3.63) is 32.6 Å². The first-order valence-corrected chi connectivity index (χ1v) is 5.39. The number of aromatic nitrogens is 1. The molecule has 0 fully saturated rings. The summed E-state index contributed by atoms with van der Waals surface area (Å²) >= 11 is 5.67. The highest BCUT2D eigenvalue weighted by molar-refractivity contribution is 6.31. The summed E-state index contributed by atoms with van der Waals surface area (Å²) in [5, 5.41) is 13.5. The predicted molar refractivity (Wildman–Crippen MR) is 66.1 cm³/mol. The SMILES string of the molecule is CNCCC#Cc1cc([N+](=O)[O-])c(Cl)nc1C. The van der Waals surface area contributed by atoms with Crippen molar-refractivity contribution in [3.63, 3.8) is 0 Å². The van der Waals surface area contributed by atoms with Crippen molar-refractivity contribution in [2.24, 2.45) is 0 Å². The first-order chi connectivity index (χ1) is 8.06. The molecule has 0 bridgehead atoms. The first kappa shape index (κ1) is 13.4. The zero-order valence-corrected chi connectivity index (χ0v) is 10.3. The number of nitrogens with zero attached hydrogens (tertiary/aromatic N) is 2. The summed E-state index contributed by atoms with van der Waals surface area (Å²) in [5.74, 6) is 5.77. The third kappa shape index (κ3) is 3.70. The van der Waals surface area contributed by atoms with E-state index in [4.69, 9.17) is 11.6 Å². The van der Waals surface area contributed by atoms with Crippen molar-refractivity contribution in [1.29, 1.82) is 0 Å². The molecule has 1 N–H and O–H groups in total. The van der Waals surface area contributed by atoms with Gasteiger partial charge in [-0.2, -0.15) is 0 Å². The molecule has 0 atom stereocenters. The number of hydrogen-bond donors (Lipinski definition) is 1. The third-order valence-corrected chi connectivity index (χ3v) is 2.35. The van der Waals surface area contributed by atoms with Gasteiger partial charge in [0.05, 0.1) is 16.2 Å². The Morgan fingerprint density at radius 1 is 1.65 bits per heavy atom. The van der Waals surface area contributed by atoms with Crippen LogP contribution in [0.5, 0.6) is 0 Å². The average molecular weight is 254 g/mol. The molecule has 5 nitrogen and oxygen atoms in total. The molecule has 0 spiro atoms. The van der Waals surface area contributed by atoms with Crippen molar-refractivity contribution >= 4 is 17.3 Å². The number of rotatable bonds is 3. The van der Waals surface area contributed by atoms with Gasteiger partial charge in [0, 0.05) is 19.0 Å². The van der Waals surface area contributed by atoms with Gasteiger partial charge in [0.15, 0.2) is 0 Å². The normalized spacial score (nSPS) is 9.59. The molecule has 0 amide bonds. The van der Waals surface area contributed by atoms with Crippen molar-refractivity contribution in [3.8, 4) is 11.8 Å². The standard InChI is InChI=1S/C11H12ClN3O2/c1-8-9(5-3-4-6-13-2)7-10(15(16)17)11(12)14-8/h7,13H,4,6H2,1-2H3. The molecule has 0 aliphatic heterocycles. The van der Waals surface area contributed by atoms with Gasteiger partial charge < -0.3 is 5.32 Å². The fourth-order valence-electron chi connectivity index (χ4n) is 1.17. The minimum atomic E-state index is -0.562. The maximum Gasteiger partial charge on any atom is 0.307 e. The van der Waals surface area contributed by atoms with Crippen LogP contribution in [0.3, 0.4) is 0 Å². The quantitative estimate of drug-likeness (QED) is 0.294. The minimum absolute atomic E-state index is 0.103. The molecule has 0 aliphatic rings. The van der Waals surface area contributed by atoms with E-state index >= 15 is 0 Å². The summed E-state index contributed by atoms with van der Waals surface area (Å²) in [6.45, 7) is 2.49. The second-order valence-electron chi connectivity index (χ2n) is 3.34. The van der Waals surface area contributed by atoms with Crippen LogP contribution in [0.25, 0.3) is 0 Å². The van der Waals surface area contributed by atoms with Gasteiger partial charge in [-0.15, -0.1) is 0 Å². The number of hydrogen-bond acceptors (Lipinski definition) is 4. The summed E-state index contributed by atoms with van der Waals surface area (Å²) in [6, 6.07) is 1.36. The number of pyridine rings is 1. The van der Waals surface area contributed by atoms with Crippen molar-refractivity contribution in [2.75, 3.05) is 13.6 Å². The molecule has 1 aromatic rings. The van der Waals surface area contributed by atoms with Crippen molar-refractivity contribution < 1.29 is 4.92 Å². The Morgan fingerprint density at radius 3 is 2.94 bits per heavy atom. The Bertz CT molecular complexity index is 491. The highest BCUT2D eigenvalue weighted by Crippen LogP contribution is 2.24. The van der Waals surface area contributed by atoms with Crippen LogP contribution in [0.1, 0.15) is 17.7 Å². The summed E-state index contributed by atoms with van der Waals surface area (Å²) in [5.41, 5.74) is 0.921. The predicted octanol–water partition coefficient (Wildman–Crippen LogP) is 1.91. The summed E-state index contributed by atoms with van der Waals surface area (Å²) in [7, 11) is 1.83. The van der Waals surface area contributed by atoms with Gasteiger partial charge in [-0.25, -0.2) is 4.98 Å². The van der Waals surface area contributed by atoms with Crippen LogP contribution >= 0.6 is 11.6 Å². The van der Waals surface area contributed by atoms with Crippen LogP contribution in [0.15, 0.2) is 6.07 Å². The van der Waals surface area contributed by atoms with E-state index in [2.05, 4.69) is 22.1 Å². The monoisotopic (exact) mass is 253 g/mol. The molecular weight excluding hydrogens is 242 g/mol. The van der Waals surface area contributed by atoms with Gasteiger partial charge in [0.1, 0.15) is 0 Å². The third-order valence-electron chi connectivity index (χ3n) is 2.07. The Hall–Kier alpha value is -1.64. The Balaban J connectivity index is 3.02. The molecular formula is C11H12ClN3O2. The lowest BCUT2D eigenvalue weighted by molar-refractivity contribution is -0.385. The van der Waals surface area contributed by atoms with E-state index in [0.29, 0.717) is 17.7 Å². The smallest absolute Gasteiger partial charge is 0.307 e. The Kier molecular flexibility index (Phi) is 4.88. The lowest BCUT2D eigenvalue weighted by Crippen LogP contribution is -2.06. The van der Waals surface area contributed by atoms with Crippen LogP contribution in [0.4, 0.5) is 5.69 Å². The Labute approximate surface area is 104 Å². The van der Waals surface area contributed by atoms with Gasteiger partial charge in [-0.1, -0.05) is 23.4 Å². The molecule has 0 unspecified atom stereocenters. The second kappa shape index (κ2) is 6.18. The highest BCUT2D eigenvalue weighted by Gasteiger charge is 2.15. The molecule has 1 heterocycles. The Morgan fingerprint density at radius 2 is 2.35 bits per heavy atom. The molecule has 1 rings (SSSR count). The van der Waals surface area contributed by atoms with E-state index in [1.165, 1.54) is 6.07 Å². The van der Waals surface area contributed by atoms with Gasteiger partial charge in [0.2, 0.25) is 5.15 Å². The van der Waals surface area contributed by atoms with Crippen LogP contribution in [-0.4, -0.2) is 23.5 Å². The molecule has 17 heavy (non-hydrogen) atoms. The summed E-state index contributed by atoms with van der Waals surface area (Å²) < 4.78 is 0. The van der Waals surface area contributed by atoms with Crippen LogP contribution in [0.2, 0.25) is 5.15 Å². The molecule has 0 saturated heterocycles. The maximum absolute atomic E-state index is 10.7. The number of halogens is 1. The molecule has 0 radical (unpaired) electrons. The summed E-state index contributed by atoms with van der Waals surface area (Å²) in [6.07, 6.45) is 0.673. The van der Waals surface area contributed by atoms with E-state index in [0.717, 1.165) is 6.54 Å². The highest BCUT2D eigenvalue weighted by atomic mass is 35.5. The van der Waals surface area contributed by atoms with Gasteiger partial charge >= 0.3 is 5.69 Å². The number of nitrogens with one attached hydrogen (secondary N) is 1. The zero-order valence-electron chi connectivity index (χ0n) is 9.58. The van der Waals surface area contributed by atoms with E-state index in [9.17, 15) is 10.1 Å². The van der Waals surface area contributed by atoms with E-state index < -0.39 is 4.92 Å². The molecule has 0 aliphatic carbocycles. The van der Waals surface area contributed by atoms with Gasteiger partial charge in [-0.05, 0) is 14.0 Å². The zero-order chi connectivity index (χ0) is 12.8. The van der Waals surface area contributed by atoms with E-state index in [-0.39, 0.29) is 10.8 Å². The van der Waals surface area contributed by atoms with Crippen molar-refractivity contribution in [1.82, 2.24) is 10.3 Å². The summed E-state index contributed by atoms with van der Waals surface area (Å²) in [4.78, 5) is 14.0.